The van der Waals surface area contributed by atoms with Crippen LogP contribution in [0.5, 0.6) is 0 Å². The Labute approximate surface area is 93.7 Å². The van der Waals surface area contributed by atoms with E-state index in [2.05, 4.69) is 6.07 Å². The summed E-state index contributed by atoms with van der Waals surface area (Å²) in [6.45, 7) is 1.73. The molecule has 1 aromatic carbocycles. The van der Waals surface area contributed by atoms with E-state index in [1.165, 1.54) is 17.1 Å². The number of hydrogen-bond donors (Lipinski definition) is 1. The lowest BCUT2D eigenvalue weighted by Gasteiger charge is -2.25. The van der Waals surface area contributed by atoms with Gasteiger partial charge in [-0.3, -0.25) is 4.79 Å². The van der Waals surface area contributed by atoms with Gasteiger partial charge in [-0.15, -0.1) is 0 Å². The van der Waals surface area contributed by atoms with Crippen LogP contribution < -0.4 is 0 Å². The topological polar surface area (TPSA) is 37.3 Å². The summed E-state index contributed by atoms with van der Waals surface area (Å²) in [5.74, 6) is 1.82. The first-order valence-electron chi connectivity index (χ1n) is 5.09. The van der Waals surface area contributed by atoms with Crippen molar-refractivity contribution in [3.8, 4) is 0 Å². The number of carboxylic acids is 1. The molecule has 0 aromatic heterocycles. The van der Waals surface area contributed by atoms with Gasteiger partial charge < -0.3 is 5.11 Å². The molecule has 1 unspecified atom stereocenters. The van der Waals surface area contributed by atoms with E-state index in [4.69, 9.17) is 5.11 Å². The van der Waals surface area contributed by atoms with Crippen molar-refractivity contribution in [2.24, 2.45) is 0 Å². The molecule has 80 valence electrons. The lowest BCUT2D eigenvalue weighted by Crippen LogP contribution is -2.16. The largest absolute Gasteiger partial charge is 0.481 e. The summed E-state index contributed by atoms with van der Waals surface area (Å²) >= 11 is 1.94. The lowest BCUT2D eigenvalue weighted by atomic mass is 9.94. The van der Waals surface area contributed by atoms with Gasteiger partial charge in [-0.1, -0.05) is 24.3 Å². The number of rotatable bonds is 3. The maximum absolute atomic E-state index is 10.9. The van der Waals surface area contributed by atoms with Gasteiger partial charge >= 0.3 is 5.97 Å². The molecule has 2 nitrogen and oxygen atoms in total. The summed E-state index contributed by atoms with van der Waals surface area (Å²) in [7, 11) is 0. The summed E-state index contributed by atoms with van der Waals surface area (Å²) in [6.07, 6.45) is 0. The first-order valence-corrected chi connectivity index (χ1v) is 6.24. The average Bonchev–Trinajstić information content (AvgIpc) is 2.14. The monoisotopic (exact) mass is 222 g/mol. The quantitative estimate of drug-likeness (QED) is 0.854. The van der Waals surface area contributed by atoms with Crippen molar-refractivity contribution < 1.29 is 9.90 Å². The molecule has 3 heteroatoms. The Bertz CT molecular complexity index is 372. The number of carboxylic acid groups (broad SMARTS) is 1. The maximum atomic E-state index is 10.9. The highest BCUT2D eigenvalue weighted by atomic mass is 32.2. The number of aliphatic carboxylic acids is 1. The van der Waals surface area contributed by atoms with E-state index in [9.17, 15) is 4.79 Å². The summed E-state index contributed by atoms with van der Waals surface area (Å²) < 4.78 is 0. The fourth-order valence-corrected chi connectivity index (χ4v) is 2.51. The molecule has 1 N–H and O–H groups in total. The van der Waals surface area contributed by atoms with Crippen LogP contribution in [-0.4, -0.2) is 22.6 Å². The molecule has 0 bridgehead atoms. The molecule has 0 aliphatic carbocycles. The Morgan fingerprint density at radius 1 is 1.53 bits per heavy atom. The maximum Gasteiger partial charge on any atom is 0.310 e. The van der Waals surface area contributed by atoms with E-state index in [1.54, 1.807) is 6.92 Å². The van der Waals surface area contributed by atoms with Crippen molar-refractivity contribution in [1.29, 1.82) is 0 Å². The van der Waals surface area contributed by atoms with Crippen molar-refractivity contribution in [3.63, 3.8) is 0 Å². The molecule has 0 spiro atoms. The predicted molar refractivity (Wildman–Crippen MR) is 62.6 cm³/mol. The van der Waals surface area contributed by atoms with Gasteiger partial charge in [0.05, 0.1) is 5.92 Å². The zero-order chi connectivity index (χ0) is 10.8. The molecule has 1 heterocycles. The highest BCUT2D eigenvalue weighted by Gasteiger charge is 2.21. The van der Waals surface area contributed by atoms with Gasteiger partial charge in [-0.25, -0.2) is 0 Å². The molecule has 2 rings (SSSR count). The van der Waals surface area contributed by atoms with Gasteiger partial charge in [0.25, 0.3) is 0 Å². The van der Waals surface area contributed by atoms with Gasteiger partial charge in [0, 0.05) is 17.4 Å². The van der Waals surface area contributed by atoms with Crippen molar-refractivity contribution in [3.05, 3.63) is 35.4 Å². The van der Waals surface area contributed by atoms with Gasteiger partial charge in [0.15, 0.2) is 0 Å². The van der Waals surface area contributed by atoms with Crippen LogP contribution in [-0.2, 0) is 4.79 Å². The van der Waals surface area contributed by atoms with Crippen LogP contribution in [0.4, 0.5) is 0 Å². The fourth-order valence-electron chi connectivity index (χ4n) is 1.65. The molecule has 1 saturated heterocycles. The van der Waals surface area contributed by atoms with Gasteiger partial charge in [-0.05, 0) is 18.1 Å². The Kier molecular flexibility index (Phi) is 3.00. The number of thioether (sulfide) groups is 1. The molecule has 15 heavy (non-hydrogen) atoms. The van der Waals surface area contributed by atoms with Crippen LogP contribution in [0.3, 0.4) is 0 Å². The Hall–Kier alpha value is -0.960. The van der Waals surface area contributed by atoms with Crippen LogP contribution in [0.25, 0.3) is 0 Å². The SMILES string of the molecule is CC(C(=O)O)c1cccc(C2CSC2)c1. The third kappa shape index (κ3) is 2.17. The minimum absolute atomic E-state index is 0.405. The van der Waals surface area contributed by atoms with Crippen LogP contribution in [0.1, 0.15) is 29.9 Å². The second-order valence-electron chi connectivity index (χ2n) is 3.96. The highest BCUT2D eigenvalue weighted by Crippen LogP contribution is 2.34. The Balaban J connectivity index is 2.21. The van der Waals surface area contributed by atoms with E-state index in [0.717, 1.165) is 5.56 Å². The molecule has 0 radical (unpaired) electrons. The first-order chi connectivity index (χ1) is 7.18. The smallest absolute Gasteiger partial charge is 0.310 e. The molecule has 1 fully saturated rings. The van der Waals surface area contributed by atoms with Crippen LogP contribution >= 0.6 is 11.8 Å². The number of benzene rings is 1. The molecule has 1 aromatic rings. The molecule has 1 aliphatic rings. The molecular formula is C12H14O2S. The van der Waals surface area contributed by atoms with Gasteiger partial charge in [0.2, 0.25) is 0 Å². The Morgan fingerprint density at radius 2 is 2.27 bits per heavy atom. The fraction of sp³-hybridized carbons (Fsp3) is 0.417. The Morgan fingerprint density at radius 3 is 2.80 bits per heavy atom. The summed E-state index contributed by atoms with van der Waals surface area (Å²) in [5.41, 5.74) is 2.20. The number of hydrogen-bond acceptors (Lipinski definition) is 2. The van der Waals surface area contributed by atoms with Crippen molar-refractivity contribution >= 4 is 17.7 Å². The molecule has 0 saturated carbocycles. The van der Waals surface area contributed by atoms with Crippen molar-refractivity contribution in [2.75, 3.05) is 11.5 Å². The molecule has 0 amide bonds. The third-order valence-electron chi connectivity index (χ3n) is 2.89. The molecule has 1 atom stereocenters. The summed E-state index contributed by atoms with van der Waals surface area (Å²) in [5, 5.41) is 8.93. The van der Waals surface area contributed by atoms with E-state index < -0.39 is 11.9 Å². The minimum atomic E-state index is -0.755. The molecular weight excluding hydrogens is 208 g/mol. The van der Waals surface area contributed by atoms with Gasteiger partial charge in [-0.2, -0.15) is 11.8 Å². The summed E-state index contributed by atoms with van der Waals surface area (Å²) in [6, 6.07) is 8.01. The average molecular weight is 222 g/mol. The second kappa shape index (κ2) is 4.27. The standard InChI is InChI=1S/C12H14O2S/c1-8(12(13)14)9-3-2-4-10(5-9)11-6-15-7-11/h2-5,8,11H,6-7H2,1H3,(H,13,14). The molecule has 1 aliphatic heterocycles. The predicted octanol–water partition coefficient (Wildman–Crippen LogP) is 2.71. The number of carbonyl (C=O) groups is 1. The van der Waals surface area contributed by atoms with Crippen LogP contribution in [0.2, 0.25) is 0 Å². The normalized spacial score (nSPS) is 18.2. The van der Waals surface area contributed by atoms with E-state index in [-0.39, 0.29) is 0 Å². The second-order valence-corrected chi connectivity index (χ2v) is 5.04. The van der Waals surface area contributed by atoms with E-state index >= 15 is 0 Å². The minimum Gasteiger partial charge on any atom is -0.481 e. The van der Waals surface area contributed by atoms with Crippen molar-refractivity contribution in [2.45, 2.75) is 18.8 Å². The third-order valence-corrected chi connectivity index (χ3v) is 4.17. The zero-order valence-electron chi connectivity index (χ0n) is 8.64. The van der Waals surface area contributed by atoms with Crippen LogP contribution in [0, 0.1) is 0 Å². The van der Waals surface area contributed by atoms with Crippen LogP contribution in [0.15, 0.2) is 24.3 Å². The highest BCUT2D eigenvalue weighted by molar-refractivity contribution is 8.00. The zero-order valence-corrected chi connectivity index (χ0v) is 9.46. The van der Waals surface area contributed by atoms with Gasteiger partial charge in [0.1, 0.15) is 0 Å². The lowest BCUT2D eigenvalue weighted by molar-refractivity contribution is -0.138. The summed E-state index contributed by atoms with van der Waals surface area (Å²) in [4.78, 5) is 10.9. The first kappa shape index (κ1) is 10.6. The van der Waals surface area contributed by atoms with E-state index in [0.29, 0.717) is 5.92 Å². The van der Waals surface area contributed by atoms with Crippen molar-refractivity contribution in [1.82, 2.24) is 0 Å². The van der Waals surface area contributed by atoms with E-state index in [1.807, 2.05) is 30.0 Å².